The highest BCUT2D eigenvalue weighted by Gasteiger charge is 2.32. The predicted molar refractivity (Wildman–Crippen MR) is 124 cm³/mol. The van der Waals surface area contributed by atoms with Crippen LogP contribution in [-0.2, 0) is 4.79 Å². The molecule has 4 rings (SSSR count). The quantitative estimate of drug-likeness (QED) is 0.687. The summed E-state index contributed by atoms with van der Waals surface area (Å²) in [6.45, 7) is 5.34. The van der Waals surface area contributed by atoms with Crippen molar-refractivity contribution in [3.63, 3.8) is 0 Å². The van der Waals surface area contributed by atoms with Gasteiger partial charge >= 0.3 is 0 Å². The van der Waals surface area contributed by atoms with Gasteiger partial charge in [-0.05, 0) is 55.7 Å². The van der Waals surface area contributed by atoms with Gasteiger partial charge < -0.3 is 10.2 Å². The third-order valence-electron chi connectivity index (χ3n) is 5.97. The number of anilines is 1. The smallest absolute Gasteiger partial charge is 0.223 e. The number of carbonyl (C=O) groups is 1. The van der Waals surface area contributed by atoms with E-state index in [0.29, 0.717) is 15.6 Å². The summed E-state index contributed by atoms with van der Waals surface area (Å²) in [5.41, 5.74) is 2.63. The molecule has 2 aromatic carbocycles. The highest BCUT2D eigenvalue weighted by molar-refractivity contribution is 6.33. The van der Waals surface area contributed by atoms with E-state index < -0.39 is 0 Å². The third-order valence-corrected chi connectivity index (χ3v) is 6.53. The normalized spacial score (nSPS) is 20.2. The highest BCUT2D eigenvalue weighted by Crippen LogP contribution is 2.36. The largest absolute Gasteiger partial charge is 0.361 e. The minimum Gasteiger partial charge on any atom is -0.361 e. The number of nitrogens with one attached hydrogen (secondary N) is 1. The van der Waals surface area contributed by atoms with Gasteiger partial charge in [0.15, 0.2) is 0 Å². The summed E-state index contributed by atoms with van der Waals surface area (Å²) in [4.78, 5) is 16.8. The van der Waals surface area contributed by atoms with Crippen molar-refractivity contribution in [2.24, 2.45) is 5.92 Å². The highest BCUT2D eigenvalue weighted by atomic mass is 35.5. The van der Waals surface area contributed by atoms with Gasteiger partial charge in [-0.25, -0.2) is 0 Å². The molecule has 1 saturated heterocycles. The van der Waals surface area contributed by atoms with Crippen LogP contribution in [0.15, 0.2) is 42.5 Å². The first-order chi connectivity index (χ1) is 14.9. The Labute approximate surface area is 193 Å². The van der Waals surface area contributed by atoms with Crippen molar-refractivity contribution in [2.75, 3.05) is 31.1 Å². The summed E-state index contributed by atoms with van der Waals surface area (Å²) in [5.74, 6) is 0.407. The average molecular weight is 457 g/mol. The molecule has 0 unspecified atom stereocenters. The molecular weight excluding hydrogens is 431 g/mol. The number of nitrogens with zero attached hydrogens (tertiary/aromatic N) is 3. The molecule has 0 aromatic heterocycles. The maximum atomic E-state index is 12.1. The topological polar surface area (TPSA) is 59.4 Å². The minimum atomic E-state index is 0.0859. The molecule has 31 heavy (non-hydrogen) atoms. The Morgan fingerprint density at radius 1 is 1.19 bits per heavy atom. The van der Waals surface area contributed by atoms with Crippen molar-refractivity contribution >= 4 is 34.8 Å². The number of nitriles is 1. The number of piperazine rings is 1. The molecule has 162 valence electrons. The number of hydrogen-bond acceptors (Lipinski definition) is 4. The molecule has 2 aliphatic rings. The predicted octanol–water partition coefficient (Wildman–Crippen LogP) is 4.64. The van der Waals surface area contributed by atoms with Crippen molar-refractivity contribution in [1.29, 1.82) is 5.26 Å². The van der Waals surface area contributed by atoms with Crippen LogP contribution in [0, 0.1) is 17.2 Å². The number of carbonyl (C=O) groups excluding carboxylic acids is 1. The van der Waals surface area contributed by atoms with E-state index in [4.69, 9.17) is 28.5 Å². The van der Waals surface area contributed by atoms with Gasteiger partial charge in [0.25, 0.3) is 0 Å². The minimum absolute atomic E-state index is 0.0859. The summed E-state index contributed by atoms with van der Waals surface area (Å²) in [5, 5.41) is 13.6. The van der Waals surface area contributed by atoms with Crippen LogP contribution in [0.2, 0.25) is 10.0 Å². The zero-order valence-corrected chi connectivity index (χ0v) is 19.0. The molecule has 1 amide bonds. The van der Waals surface area contributed by atoms with Crippen LogP contribution in [0.1, 0.15) is 36.9 Å². The van der Waals surface area contributed by atoms with E-state index in [2.05, 4.69) is 40.2 Å². The zero-order chi connectivity index (χ0) is 22.0. The van der Waals surface area contributed by atoms with Gasteiger partial charge in [-0.1, -0.05) is 35.3 Å². The molecule has 2 aromatic rings. The molecule has 1 saturated carbocycles. The van der Waals surface area contributed by atoms with Crippen LogP contribution in [0.4, 0.5) is 5.69 Å². The summed E-state index contributed by atoms with van der Waals surface area (Å²) in [6, 6.07) is 15.7. The standard InChI is InChI=1S/C24H26Cl2N4O/c1-16(28-24(31)19-3-4-19)14-29-10-11-30(22-9-2-17(13-27)12-21(22)26)23(15-29)18-5-7-20(25)8-6-18/h2,5-9,12,16,19,23H,3-4,10-11,14-15H2,1H3,(H,28,31)/t16-,23-/m0/s1. The number of hydrogen-bond donors (Lipinski definition) is 1. The molecule has 1 heterocycles. The second-order valence-corrected chi connectivity index (χ2v) is 9.33. The van der Waals surface area contributed by atoms with E-state index in [-0.39, 0.29) is 23.9 Å². The lowest BCUT2D eigenvalue weighted by atomic mass is 10.0. The first-order valence-corrected chi connectivity index (χ1v) is 11.4. The Morgan fingerprint density at radius 3 is 2.58 bits per heavy atom. The van der Waals surface area contributed by atoms with Crippen molar-refractivity contribution in [3.8, 4) is 6.07 Å². The zero-order valence-electron chi connectivity index (χ0n) is 17.5. The number of rotatable bonds is 6. The Balaban J connectivity index is 1.53. The maximum absolute atomic E-state index is 12.1. The average Bonchev–Trinajstić information content (AvgIpc) is 3.60. The van der Waals surface area contributed by atoms with Gasteiger partial charge in [-0.15, -0.1) is 0 Å². The van der Waals surface area contributed by atoms with Crippen LogP contribution >= 0.6 is 23.2 Å². The van der Waals surface area contributed by atoms with E-state index in [1.54, 1.807) is 6.07 Å². The van der Waals surface area contributed by atoms with Crippen LogP contribution in [0.25, 0.3) is 0 Å². The Morgan fingerprint density at radius 2 is 1.94 bits per heavy atom. The molecule has 7 heteroatoms. The van der Waals surface area contributed by atoms with Crippen molar-refractivity contribution in [1.82, 2.24) is 10.2 Å². The lowest BCUT2D eigenvalue weighted by molar-refractivity contribution is -0.123. The van der Waals surface area contributed by atoms with E-state index in [1.807, 2.05) is 24.3 Å². The second-order valence-electron chi connectivity index (χ2n) is 8.48. The molecule has 2 fully saturated rings. The summed E-state index contributed by atoms with van der Waals surface area (Å²) in [6.07, 6.45) is 2.03. The fraction of sp³-hybridized carbons (Fsp3) is 0.417. The summed E-state index contributed by atoms with van der Waals surface area (Å²) >= 11 is 12.7. The van der Waals surface area contributed by atoms with Crippen LogP contribution < -0.4 is 10.2 Å². The van der Waals surface area contributed by atoms with Crippen molar-refractivity contribution < 1.29 is 4.79 Å². The van der Waals surface area contributed by atoms with Gasteiger partial charge in [0.05, 0.1) is 28.4 Å². The summed E-state index contributed by atoms with van der Waals surface area (Å²) < 4.78 is 0. The van der Waals surface area contributed by atoms with Crippen molar-refractivity contribution in [3.05, 3.63) is 63.6 Å². The molecule has 0 bridgehead atoms. The fourth-order valence-corrected chi connectivity index (χ4v) is 4.63. The molecule has 5 nitrogen and oxygen atoms in total. The van der Waals surface area contributed by atoms with Gasteiger partial charge in [-0.2, -0.15) is 5.26 Å². The van der Waals surface area contributed by atoms with Crippen LogP contribution in [0.3, 0.4) is 0 Å². The Bertz CT molecular complexity index is 984. The molecule has 0 radical (unpaired) electrons. The lowest BCUT2D eigenvalue weighted by Crippen LogP contribution is -2.52. The second kappa shape index (κ2) is 9.48. The monoisotopic (exact) mass is 456 g/mol. The van der Waals surface area contributed by atoms with E-state index >= 15 is 0 Å². The van der Waals surface area contributed by atoms with Gasteiger partial charge in [0, 0.05) is 43.2 Å². The molecular formula is C24H26Cl2N4O. The van der Waals surface area contributed by atoms with E-state index in [1.165, 1.54) is 0 Å². The molecule has 2 atom stereocenters. The number of benzene rings is 2. The number of halogens is 2. The molecule has 1 N–H and O–H groups in total. The van der Waals surface area contributed by atoms with Crippen LogP contribution in [-0.4, -0.2) is 43.0 Å². The van der Waals surface area contributed by atoms with Gasteiger partial charge in [0.2, 0.25) is 5.91 Å². The summed E-state index contributed by atoms with van der Waals surface area (Å²) in [7, 11) is 0. The van der Waals surface area contributed by atoms with Gasteiger partial charge in [0.1, 0.15) is 0 Å². The van der Waals surface area contributed by atoms with Gasteiger partial charge in [-0.3, -0.25) is 9.69 Å². The lowest BCUT2D eigenvalue weighted by Gasteiger charge is -2.44. The van der Waals surface area contributed by atoms with E-state index in [9.17, 15) is 4.79 Å². The molecule has 0 spiro atoms. The molecule has 1 aliphatic carbocycles. The molecule has 1 aliphatic heterocycles. The number of amides is 1. The first kappa shape index (κ1) is 22.0. The maximum Gasteiger partial charge on any atom is 0.223 e. The fourth-order valence-electron chi connectivity index (χ4n) is 4.21. The van der Waals surface area contributed by atoms with Crippen LogP contribution in [0.5, 0.6) is 0 Å². The van der Waals surface area contributed by atoms with E-state index in [0.717, 1.165) is 50.3 Å². The first-order valence-electron chi connectivity index (χ1n) is 10.7. The third kappa shape index (κ3) is 5.33. The Hall–Kier alpha value is -2.26. The van der Waals surface area contributed by atoms with Crippen molar-refractivity contribution in [2.45, 2.75) is 31.8 Å². The SMILES string of the molecule is C[C@@H](CN1CCN(c2ccc(C#N)cc2Cl)[C@H](c2ccc(Cl)cc2)C1)NC(=O)C1CC1. The Kier molecular flexibility index (Phi) is 6.71.